The van der Waals surface area contributed by atoms with Crippen molar-refractivity contribution in [3.05, 3.63) is 0 Å². The fraction of sp³-hybridized carbons (Fsp3) is 0.900. The topological polar surface area (TPSA) is 52.6 Å². The lowest BCUT2D eigenvalue weighted by atomic mass is 9.48. The summed E-state index contributed by atoms with van der Waals surface area (Å²) in [5.41, 5.74) is -3.32. The van der Waals surface area contributed by atoms with Gasteiger partial charge in [0.15, 0.2) is 0 Å². The summed E-state index contributed by atoms with van der Waals surface area (Å²) >= 11 is 0. The van der Waals surface area contributed by atoms with E-state index in [1.165, 1.54) is 0 Å². The summed E-state index contributed by atoms with van der Waals surface area (Å²) in [7, 11) is 0. The van der Waals surface area contributed by atoms with E-state index in [0.29, 0.717) is 25.7 Å². The highest BCUT2D eigenvalue weighted by Crippen LogP contribution is 2.63. The molecule has 0 saturated heterocycles. The highest BCUT2D eigenvalue weighted by molar-refractivity contribution is 5.79. The SMILES string of the molecule is CCC(C)(C)C(=O)OC12CC3CC(C1)CC(C(=O)OC(C(F)(F)F)C(F)(F)F)(C3)C2. The van der Waals surface area contributed by atoms with Crippen LogP contribution in [0.25, 0.3) is 0 Å². The lowest BCUT2D eigenvalue weighted by molar-refractivity contribution is -0.318. The molecule has 2 atom stereocenters. The predicted molar refractivity (Wildman–Crippen MR) is 92.0 cm³/mol. The van der Waals surface area contributed by atoms with E-state index in [-0.39, 0.29) is 31.1 Å². The molecule has 0 aromatic carbocycles. The fourth-order valence-electron chi connectivity index (χ4n) is 5.57. The van der Waals surface area contributed by atoms with E-state index in [9.17, 15) is 35.9 Å². The summed E-state index contributed by atoms with van der Waals surface area (Å²) in [5, 5.41) is 0. The molecular formula is C20H26F6O4. The van der Waals surface area contributed by atoms with Crippen LogP contribution in [0.15, 0.2) is 0 Å². The van der Waals surface area contributed by atoms with Crippen molar-refractivity contribution >= 4 is 11.9 Å². The van der Waals surface area contributed by atoms with E-state index in [1.807, 2.05) is 6.92 Å². The average Bonchev–Trinajstić information content (AvgIpc) is 2.55. The van der Waals surface area contributed by atoms with Crippen molar-refractivity contribution in [1.82, 2.24) is 0 Å². The normalized spacial score (nSPS) is 33.7. The summed E-state index contributed by atoms with van der Waals surface area (Å²) < 4.78 is 87.3. The molecule has 0 aliphatic heterocycles. The summed E-state index contributed by atoms with van der Waals surface area (Å²) in [6.45, 7) is 5.22. The predicted octanol–water partition coefficient (Wildman–Crippen LogP) is 5.34. The third-order valence-corrected chi connectivity index (χ3v) is 7.01. The number of carbonyl (C=O) groups is 2. The number of ether oxygens (including phenoxy) is 2. The lowest BCUT2D eigenvalue weighted by Gasteiger charge is -2.60. The lowest BCUT2D eigenvalue weighted by Crippen LogP contribution is -2.61. The molecule has 172 valence electrons. The van der Waals surface area contributed by atoms with Crippen LogP contribution >= 0.6 is 0 Å². The molecule has 4 nitrogen and oxygen atoms in total. The molecule has 4 bridgehead atoms. The van der Waals surface area contributed by atoms with Crippen molar-refractivity contribution in [3.8, 4) is 0 Å². The van der Waals surface area contributed by atoms with Crippen LogP contribution in [0.1, 0.15) is 65.7 Å². The largest absolute Gasteiger partial charge is 0.459 e. The second-order valence-electron chi connectivity index (χ2n) is 9.92. The zero-order valence-electron chi connectivity index (χ0n) is 17.1. The number of hydrogen-bond acceptors (Lipinski definition) is 4. The molecule has 30 heavy (non-hydrogen) atoms. The second kappa shape index (κ2) is 7.02. The molecule has 4 rings (SSSR count). The molecule has 0 aromatic heterocycles. The van der Waals surface area contributed by atoms with Gasteiger partial charge in [0.2, 0.25) is 0 Å². The quantitative estimate of drug-likeness (QED) is 0.424. The van der Waals surface area contributed by atoms with Crippen LogP contribution in [-0.4, -0.2) is 36.0 Å². The van der Waals surface area contributed by atoms with Crippen molar-refractivity contribution in [2.75, 3.05) is 0 Å². The Balaban J connectivity index is 1.85. The Kier molecular flexibility index (Phi) is 5.42. The monoisotopic (exact) mass is 444 g/mol. The highest BCUT2D eigenvalue weighted by atomic mass is 19.4. The third kappa shape index (κ3) is 4.15. The van der Waals surface area contributed by atoms with E-state index < -0.39 is 46.8 Å². The van der Waals surface area contributed by atoms with Gasteiger partial charge in [-0.3, -0.25) is 9.59 Å². The van der Waals surface area contributed by atoms with E-state index in [2.05, 4.69) is 4.74 Å². The van der Waals surface area contributed by atoms with Crippen LogP contribution in [-0.2, 0) is 19.1 Å². The molecule has 0 heterocycles. The summed E-state index contributed by atoms with van der Waals surface area (Å²) in [6.07, 6.45) is -13.3. The number of alkyl halides is 6. The van der Waals surface area contributed by atoms with Gasteiger partial charge >= 0.3 is 24.3 Å². The Bertz CT molecular complexity index is 683. The molecule has 0 spiro atoms. The summed E-state index contributed by atoms with van der Waals surface area (Å²) in [5.74, 6) is -2.18. The first-order chi connectivity index (χ1) is 13.5. The molecule has 4 saturated carbocycles. The van der Waals surface area contributed by atoms with Crippen molar-refractivity contribution in [3.63, 3.8) is 0 Å². The van der Waals surface area contributed by atoms with E-state index in [1.54, 1.807) is 13.8 Å². The Morgan fingerprint density at radius 2 is 1.47 bits per heavy atom. The maximum atomic E-state index is 12.9. The second-order valence-corrected chi connectivity index (χ2v) is 9.92. The minimum atomic E-state index is -5.76. The van der Waals surface area contributed by atoms with E-state index in [0.717, 1.165) is 0 Å². The number of halogens is 6. The van der Waals surface area contributed by atoms with Crippen molar-refractivity contribution < 1.29 is 45.4 Å². The van der Waals surface area contributed by atoms with E-state index in [4.69, 9.17) is 4.74 Å². The zero-order chi connectivity index (χ0) is 22.8. The molecule has 0 amide bonds. The Morgan fingerprint density at radius 1 is 0.967 bits per heavy atom. The molecule has 4 aliphatic rings. The maximum Gasteiger partial charge on any atom is 0.434 e. The van der Waals surface area contributed by atoms with E-state index >= 15 is 0 Å². The van der Waals surface area contributed by atoms with Crippen LogP contribution < -0.4 is 0 Å². The zero-order valence-corrected chi connectivity index (χ0v) is 17.1. The third-order valence-electron chi connectivity index (χ3n) is 7.01. The molecule has 10 heteroatoms. The molecule has 4 aliphatic carbocycles. The smallest absolute Gasteiger partial charge is 0.434 e. The number of rotatable bonds is 5. The van der Waals surface area contributed by atoms with Gasteiger partial charge in [-0.2, -0.15) is 26.3 Å². The van der Waals surface area contributed by atoms with Crippen molar-refractivity contribution in [2.45, 2.75) is 89.8 Å². The van der Waals surface area contributed by atoms with Gasteiger partial charge in [0.1, 0.15) is 5.60 Å². The minimum Gasteiger partial charge on any atom is -0.459 e. The average molecular weight is 444 g/mol. The van der Waals surface area contributed by atoms with Crippen molar-refractivity contribution in [2.24, 2.45) is 22.7 Å². The fourth-order valence-corrected chi connectivity index (χ4v) is 5.57. The van der Waals surface area contributed by atoms with Crippen LogP contribution in [0.3, 0.4) is 0 Å². The summed E-state index contributed by atoms with van der Waals surface area (Å²) in [6, 6.07) is 0. The summed E-state index contributed by atoms with van der Waals surface area (Å²) in [4.78, 5) is 25.4. The van der Waals surface area contributed by atoms with Gasteiger partial charge in [0.25, 0.3) is 6.10 Å². The first kappa shape index (κ1) is 23.2. The molecule has 4 fully saturated rings. The molecule has 0 aromatic rings. The molecule has 2 unspecified atom stereocenters. The highest BCUT2D eigenvalue weighted by Gasteiger charge is 2.66. The van der Waals surface area contributed by atoms with Crippen LogP contribution in [0.2, 0.25) is 0 Å². The Morgan fingerprint density at radius 3 is 1.90 bits per heavy atom. The minimum absolute atomic E-state index is 0.0974. The first-order valence-electron chi connectivity index (χ1n) is 10.1. The van der Waals surface area contributed by atoms with Crippen LogP contribution in [0, 0.1) is 22.7 Å². The van der Waals surface area contributed by atoms with Gasteiger partial charge in [-0.1, -0.05) is 6.92 Å². The molecular weight excluding hydrogens is 418 g/mol. The van der Waals surface area contributed by atoms with Crippen LogP contribution in [0.4, 0.5) is 26.3 Å². The number of hydrogen-bond donors (Lipinski definition) is 0. The number of esters is 2. The van der Waals surface area contributed by atoms with Crippen LogP contribution in [0.5, 0.6) is 0 Å². The Labute approximate surface area is 170 Å². The van der Waals surface area contributed by atoms with Gasteiger partial charge in [0.05, 0.1) is 10.8 Å². The molecule has 0 N–H and O–H groups in total. The molecule has 0 radical (unpaired) electrons. The van der Waals surface area contributed by atoms with Gasteiger partial charge in [-0.25, -0.2) is 0 Å². The number of carbonyl (C=O) groups excluding carboxylic acids is 2. The van der Waals surface area contributed by atoms with Crippen molar-refractivity contribution in [1.29, 1.82) is 0 Å². The van der Waals surface area contributed by atoms with Gasteiger partial charge in [-0.15, -0.1) is 0 Å². The standard InChI is InChI=1S/C20H26F6O4/c1-4-16(2,3)14(27)30-18-8-11-5-12(9-18)7-17(6-11,10-18)15(28)29-13(19(21,22)23)20(24,25)26/h11-13H,4-10H2,1-3H3. The van der Waals surface area contributed by atoms with Gasteiger partial charge < -0.3 is 9.47 Å². The Hall–Kier alpha value is -1.48. The first-order valence-corrected chi connectivity index (χ1v) is 10.1. The maximum absolute atomic E-state index is 12.9. The van der Waals surface area contributed by atoms with Gasteiger partial charge in [0, 0.05) is 6.42 Å². The van der Waals surface area contributed by atoms with Gasteiger partial charge in [-0.05, 0) is 64.2 Å².